The SMILES string of the molecule is CC(=O)[C@H]1[C@H](c2ccc(Br)cc2)C2(C(=O)c3ccccc3C2=O)[C@@H]2C=Cc3cc(Cl)ccc3N21. The molecular formula is C28H19BrClNO3. The van der Waals surface area contributed by atoms with Crippen molar-refractivity contribution in [2.24, 2.45) is 5.41 Å². The van der Waals surface area contributed by atoms with Crippen molar-refractivity contribution >= 4 is 56.6 Å². The van der Waals surface area contributed by atoms with E-state index in [9.17, 15) is 14.4 Å². The van der Waals surface area contributed by atoms with Crippen molar-refractivity contribution in [3.8, 4) is 0 Å². The summed E-state index contributed by atoms with van der Waals surface area (Å²) in [7, 11) is 0. The molecule has 6 heteroatoms. The Kier molecular flexibility index (Phi) is 4.74. The highest BCUT2D eigenvalue weighted by Gasteiger charge is 2.71. The van der Waals surface area contributed by atoms with E-state index in [2.05, 4.69) is 15.9 Å². The number of hydrogen-bond acceptors (Lipinski definition) is 4. The molecule has 1 saturated heterocycles. The van der Waals surface area contributed by atoms with Crippen LogP contribution in [0.3, 0.4) is 0 Å². The first-order chi connectivity index (χ1) is 16.4. The third-order valence-corrected chi connectivity index (χ3v) is 8.18. The van der Waals surface area contributed by atoms with E-state index in [1.165, 1.54) is 6.92 Å². The highest BCUT2D eigenvalue weighted by molar-refractivity contribution is 9.10. The Morgan fingerprint density at radius 1 is 0.971 bits per heavy atom. The average Bonchev–Trinajstić information content (AvgIpc) is 3.26. The van der Waals surface area contributed by atoms with Gasteiger partial charge in [-0.25, -0.2) is 0 Å². The fraction of sp³-hybridized carbons (Fsp3) is 0.179. The van der Waals surface area contributed by atoms with E-state index in [1.54, 1.807) is 30.3 Å². The second-order valence-electron chi connectivity index (χ2n) is 9.07. The molecule has 4 nitrogen and oxygen atoms in total. The Morgan fingerprint density at radius 2 is 1.62 bits per heavy atom. The molecule has 168 valence electrons. The van der Waals surface area contributed by atoms with Gasteiger partial charge in [0.2, 0.25) is 0 Å². The van der Waals surface area contributed by atoms with Crippen LogP contribution < -0.4 is 4.90 Å². The second-order valence-corrected chi connectivity index (χ2v) is 10.4. The lowest BCUT2D eigenvalue weighted by Gasteiger charge is -2.37. The average molecular weight is 533 g/mol. The first-order valence-electron chi connectivity index (χ1n) is 11.1. The van der Waals surface area contributed by atoms with E-state index in [-0.39, 0.29) is 17.3 Å². The summed E-state index contributed by atoms with van der Waals surface area (Å²) in [5, 5.41) is 0.583. The number of rotatable bonds is 2. The minimum absolute atomic E-state index is 0.0949. The first-order valence-corrected chi connectivity index (χ1v) is 12.2. The van der Waals surface area contributed by atoms with Crippen molar-refractivity contribution in [1.29, 1.82) is 0 Å². The van der Waals surface area contributed by atoms with Crippen molar-refractivity contribution in [2.75, 3.05) is 4.90 Å². The van der Waals surface area contributed by atoms with Gasteiger partial charge in [-0.1, -0.05) is 76.1 Å². The van der Waals surface area contributed by atoms with Gasteiger partial charge in [-0.3, -0.25) is 14.4 Å². The minimum Gasteiger partial charge on any atom is -0.352 e. The molecule has 0 aromatic heterocycles. The summed E-state index contributed by atoms with van der Waals surface area (Å²) in [4.78, 5) is 43.8. The fourth-order valence-electron chi connectivity index (χ4n) is 6.14. The topological polar surface area (TPSA) is 54.5 Å². The van der Waals surface area contributed by atoms with Crippen molar-refractivity contribution in [2.45, 2.75) is 24.9 Å². The van der Waals surface area contributed by atoms with Gasteiger partial charge in [-0.05, 0) is 48.4 Å². The molecule has 0 saturated carbocycles. The summed E-state index contributed by atoms with van der Waals surface area (Å²) < 4.78 is 0.882. The number of halogens is 2. The van der Waals surface area contributed by atoms with Crippen LogP contribution in [0.25, 0.3) is 6.08 Å². The van der Waals surface area contributed by atoms with Gasteiger partial charge < -0.3 is 4.90 Å². The molecule has 1 aliphatic carbocycles. The van der Waals surface area contributed by atoms with Crippen LogP contribution in [-0.4, -0.2) is 29.4 Å². The quantitative estimate of drug-likeness (QED) is 0.373. The lowest BCUT2D eigenvalue weighted by molar-refractivity contribution is -0.118. The fourth-order valence-corrected chi connectivity index (χ4v) is 6.59. The minimum atomic E-state index is -1.44. The molecule has 0 bridgehead atoms. The molecule has 3 aromatic carbocycles. The summed E-state index contributed by atoms with van der Waals surface area (Å²) in [6.45, 7) is 1.54. The van der Waals surface area contributed by atoms with E-state index in [1.807, 2.05) is 53.5 Å². The molecule has 34 heavy (non-hydrogen) atoms. The van der Waals surface area contributed by atoms with Crippen molar-refractivity contribution < 1.29 is 14.4 Å². The van der Waals surface area contributed by atoms with Gasteiger partial charge in [0.05, 0.1) is 12.1 Å². The van der Waals surface area contributed by atoms with E-state index >= 15 is 0 Å². The number of fused-ring (bicyclic) bond motifs is 5. The zero-order valence-electron chi connectivity index (χ0n) is 18.2. The molecule has 3 aromatic rings. The van der Waals surface area contributed by atoms with Crippen LogP contribution in [0.4, 0.5) is 5.69 Å². The van der Waals surface area contributed by atoms with Crippen LogP contribution in [0, 0.1) is 5.41 Å². The Morgan fingerprint density at radius 3 is 2.24 bits per heavy atom. The summed E-state index contributed by atoms with van der Waals surface area (Å²) in [6, 6.07) is 18.8. The van der Waals surface area contributed by atoms with E-state index < -0.39 is 23.4 Å². The number of Topliss-reactive ketones (excluding diaryl/α,β-unsaturated/α-hetero) is 3. The van der Waals surface area contributed by atoms with Gasteiger partial charge in [-0.15, -0.1) is 0 Å². The largest absolute Gasteiger partial charge is 0.352 e. The monoisotopic (exact) mass is 531 g/mol. The van der Waals surface area contributed by atoms with Crippen molar-refractivity contribution in [3.05, 3.63) is 105 Å². The molecular weight excluding hydrogens is 514 g/mol. The van der Waals surface area contributed by atoms with Gasteiger partial charge in [0.15, 0.2) is 17.3 Å². The highest BCUT2D eigenvalue weighted by atomic mass is 79.9. The van der Waals surface area contributed by atoms with Crippen molar-refractivity contribution in [1.82, 2.24) is 0 Å². The van der Waals surface area contributed by atoms with Crippen LogP contribution in [0.1, 0.15) is 44.7 Å². The van der Waals surface area contributed by atoms with Gasteiger partial charge in [0, 0.05) is 32.2 Å². The third kappa shape index (κ3) is 2.68. The number of carbonyl (C=O) groups excluding carboxylic acids is 3. The zero-order chi connectivity index (χ0) is 23.8. The standard InChI is InChI=1S/C28H19BrClNO3/c1-15(32)25-24(16-6-9-18(29)10-7-16)28(26(33)20-4-2-3-5-21(20)27(28)34)23-13-8-17-14-19(30)11-12-22(17)31(23)25/h2-14,23-25H,1H3/t23-,24-,25-/m0/s1. The van der Waals surface area contributed by atoms with Gasteiger partial charge >= 0.3 is 0 Å². The number of ketones is 3. The molecule has 2 aliphatic heterocycles. The van der Waals surface area contributed by atoms with Crippen LogP contribution in [0.5, 0.6) is 0 Å². The third-order valence-electron chi connectivity index (χ3n) is 7.41. The van der Waals surface area contributed by atoms with Crippen LogP contribution in [-0.2, 0) is 4.79 Å². The molecule has 0 radical (unpaired) electrons. The molecule has 1 fully saturated rings. The Hall–Kier alpha value is -3.02. The number of benzene rings is 3. The van der Waals surface area contributed by atoms with E-state index in [0.717, 1.165) is 21.3 Å². The van der Waals surface area contributed by atoms with E-state index in [4.69, 9.17) is 11.6 Å². The van der Waals surface area contributed by atoms with Crippen LogP contribution >= 0.6 is 27.5 Å². The number of carbonyl (C=O) groups is 3. The maximum Gasteiger partial charge on any atom is 0.180 e. The lowest BCUT2D eigenvalue weighted by atomic mass is 9.64. The van der Waals surface area contributed by atoms with Crippen LogP contribution in [0.2, 0.25) is 5.02 Å². The molecule has 0 amide bonds. The number of nitrogens with zero attached hydrogens (tertiary/aromatic N) is 1. The predicted octanol–water partition coefficient (Wildman–Crippen LogP) is 6.12. The maximum atomic E-state index is 14.2. The van der Waals surface area contributed by atoms with Gasteiger partial charge in [0.25, 0.3) is 0 Å². The molecule has 3 atom stereocenters. The normalized spacial score (nSPS) is 23.7. The predicted molar refractivity (Wildman–Crippen MR) is 136 cm³/mol. The van der Waals surface area contributed by atoms with E-state index in [0.29, 0.717) is 16.1 Å². The van der Waals surface area contributed by atoms with Gasteiger partial charge in [0.1, 0.15) is 5.41 Å². The van der Waals surface area contributed by atoms with Crippen molar-refractivity contribution in [3.63, 3.8) is 0 Å². The molecule has 2 heterocycles. The summed E-state index contributed by atoms with van der Waals surface area (Å²) >= 11 is 9.73. The first kappa shape index (κ1) is 21.5. The molecule has 0 unspecified atom stereocenters. The molecule has 1 spiro atoms. The smallest absolute Gasteiger partial charge is 0.180 e. The maximum absolute atomic E-state index is 14.2. The zero-order valence-corrected chi connectivity index (χ0v) is 20.5. The highest BCUT2D eigenvalue weighted by Crippen LogP contribution is 2.60. The lowest BCUT2D eigenvalue weighted by Crippen LogP contribution is -2.48. The summed E-state index contributed by atoms with van der Waals surface area (Å²) in [6.07, 6.45) is 3.81. The Balaban J connectivity index is 1.68. The number of anilines is 1. The van der Waals surface area contributed by atoms with Gasteiger partial charge in [-0.2, -0.15) is 0 Å². The molecule has 6 rings (SSSR count). The number of hydrogen-bond donors (Lipinski definition) is 0. The van der Waals surface area contributed by atoms with Crippen LogP contribution in [0.15, 0.2) is 77.3 Å². The Bertz CT molecular complexity index is 1390. The Labute approximate surface area is 210 Å². The molecule has 0 N–H and O–H groups in total. The molecule has 3 aliphatic rings. The second kappa shape index (κ2) is 7.49. The summed E-state index contributed by atoms with van der Waals surface area (Å²) in [5.41, 5.74) is 1.85. The summed E-state index contributed by atoms with van der Waals surface area (Å²) in [5.74, 6) is -1.19.